The van der Waals surface area contributed by atoms with E-state index in [1.807, 2.05) is 12.1 Å². The van der Waals surface area contributed by atoms with Crippen molar-refractivity contribution < 1.29 is 23.4 Å². The van der Waals surface area contributed by atoms with Crippen LogP contribution in [0.1, 0.15) is 57.7 Å². The Morgan fingerprint density at radius 3 is 2.50 bits per heavy atom. The highest BCUT2D eigenvalue weighted by atomic mass is 19.3. The second-order valence-electron chi connectivity index (χ2n) is 9.65. The van der Waals surface area contributed by atoms with E-state index < -0.39 is 12.5 Å². The predicted octanol–water partition coefficient (Wildman–Crippen LogP) is 4.45. The average Bonchev–Trinajstić information content (AvgIpc) is 2.58. The van der Waals surface area contributed by atoms with Gasteiger partial charge in [-0.3, -0.25) is 4.90 Å². The zero-order chi connectivity index (χ0) is 20.7. The molecule has 0 spiro atoms. The Hall–Kier alpha value is -1.40. The second-order valence-corrected chi connectivity index (χ2v) is 9.65. The molecule has 0 saturated carbocycles. The van der Waals surface area contributed by atoms with Crippen LogP contribution < -0.4 is 9.47 Å². The van der Waals surface area contributed by atoms with E-state index in [1.54, 1.807) is 0 Å². The molecule has 158 valence electrons. The highest BCUT2D eigenvalue weighted by molar-refractivity contribution is 5.49. The molecule has 3 atom stereocenters. The quantitative estimate of drug-likeness (QED) is 0.797. The first-order valence-corrected chi connectivity index (χ1v) is 10.1. The lowest BCUT2D eigenvalue weighted by Gasteiger charge is -2.47. The van der Waals surface area contributed by atoms with Crippen molar-refractivity contribution in [2.75, 3.05) is 26.8 Å². The molecule has 0 aliphatic carbocycles. The highest BCUT2D eigenvalue weighted by Crippen LogP contribution is 2.44. The van der Waals surface area contributed by atoms with Crippen LogP contribution in [0, 0.1) is 11.3 Å². The van der Waals surface area contributed by atoms with E-state index in [0.29, 0.717) is 17.9 Å². The Labute approximate surface area is 166 Å². The van der Waals surface area contributed by atoms with Crippen LogP contribution in [0.15, 0.2) is 12.1 Å². The maximum Gasteiger partial charge on any atom is 0.278 e. The Morgan fingerprint density at radius 2 is 1.89 bits per heavy atom. The molecular weight excluding hydrogens is 364 g/mol. The number of piperidine rings is 1. The molecule has 2 aliphatic heterocycles. The standard InChI is InChI=1S/C22H33F2NO3/c1-21(2,3)11-15-12-25-7-6-14-8-20(28-13-22(4,23)24)19(27-5)9-16(14)17(25)10-18(15)26/h8-9,15,17-18,26H,6-7,10-13H2,1-5H3/t15-,17-,18+/m0/s1. The van der Waals surface area contributed by atoms with Crippen molar-refractivity contribution in [3.05, 3.63) is 23.3 Å². The summed E-state index contributed by atoms with van der Waals surface area (Å²) in [6.07, 6.45) is 2.18. The largest absolute Gasteiger partial charge is 0.493 e. The van der Waals surface area contributed by atoms with Crippen molar-refractivity contribution in [3.8, 4) is 11.5 Å². The van der Waals surface area contributed by atoms with E-state index >= 15 is 0 Å². The third kappa shape index (κ3) is 4.95. The van der Waals surface area contributed by atoms with Gasteiger partial charge in [-0.1, -0.05) is 20.8 Å². The number of hydrogen-bond donors (Lipinski definition) is 1. The van der Waals surface area contributed by atoms with Crippen LogP contribution in [0.5, 0.6) is 11.5 Å². The van der Waals surface area contributed by atoms with Gasteiger partial charge in [-0.2, -0.15) is 0 Å². The van der Waals surface area contributed by atoms with E-state index in [2.05, 4.69) is 25.7 Å². The Morgan fingerprint density at radius 1 is 1.18 bits per heavy atom. The number of nitrogens with zero attached hydrogens (tertiary/aromatic N) is 1. The summed E-state index contributed by atoms with van der Waals surface area (Å²) in [7, 11) is 1.52. The average molecular weight is 398 g/mol. The van der Waals surface area contributed by atoms with Crippen LogP contribution in [-0.4, -0.2) is 48.8 Å². The van der Waals surface area contributed by atoms with Crippen LogP contribution in [0.3, 0.4) is 0 Å². The van der Waals surface area contributed by atoms with Crippen molar-refractivity contribution in [1.82, 2.24) is 4.90 Å². The summed E-state index contributed by atoms with van der Waals surface area (Å²) >= 11 is 0. The van der Waals surface area contributed by atoms with Gasteiger partial charge in [0.05, 0.1) is 13.2 Å². The maximum absolute atomic E-state index is 13.2. The van der Waals surface area contributed by atoms with E-state index in [4.69, 9.17) is 9.47 Å². The molecule has 28 heavy (non-hydrogen) atoms. The Bertz CT molecular complexity index is 696. The number of fused-ring (bicyclic) bond motifs is 3. The lowest BCUT2D eigenvalue weighted by atomic mass is 9.75. The van der Waals surface area contributed by atoms with Gasteiger partial charge in [0.1, 0.15) is 0 Å². The summed E-state index contributed by atoms with van der Waals surface area (Å²) in [6, 6.07) is 3.88. The molecule has 1 aromatic rings. The summed E-state index contributed by atoms with van der Waals surface area (Å²) in [5.41, 5.74) is 2.40. The number of hydrogen-bond acceptors (Lipinski definition) is 4. The summed E-state index contributed by atoms with van der Waals surface area (Å²) < 4.78 is 37.2. The van der Waals surface area contributed by atoms with Gasteiger partial charge in [-0.15, -0.1) is 0 Å². The number of aliphatic hydroxyl groups is 1. The zero-order valence-electron chi connectivity index (χ0n) is 17.6. The minimum Gasteiger partial charge on any atom is -0.493 e. The molecule has 0 radical (unpaired) electrons. The first-order chi connectivity index (χ1) is 13.0. The number of rotatable bonds is 5. The molecule has 2 heterocycles. The van der Waals surface area contributed by atoms with Crippen LogP contribution in [0.4, 0.5) is 8.78 Å². The highest BCUT2D eigenvalue weighted by Gasteiger charge is 2.40. The number of methoxy groups -OCH3 is 1. The lowest BCUT2D eigenvalue weighted by Crippen LogP contribution is -2.48. The molecular formula is C22H33F2NO3. The fourth-order valence-corrected chi connectivity index (χ4v) is 4.56. The summed E-state index contributed by atoms with van der Waals surface area (Å²) in [5.74, 6) is -1.80. The summed E-state index contributed by atoms with van der Waals surface area (Å²) in [6.45, 7) is 8.58. The molecule has 0 amide bonds. The van der Waals surface area contributed by atoms with E-state index in [-0.39, 0.29) is 23.5 Å². The van der Waals surface area contributed by atoms with Gasteiger partial charge in [0.2, 0.25) is 0 Å². The molecule has 1 aromatic carbocycles. The molecule has 1 N–H and O–H groups in total. The summed E-state index contributed by atoms with van der Waals surface area (Å²) in [5, 5.41) is 10.8. The molecule has 4 nitrogen and oxygen atoms in total. The fourth-order valence-electron chi connectivity index (χ4n) is 4.56. The van der Waals surface area contributed by atoms with E-state index in [1.165, 1.54) is 7.11 Å². The van der Waals surface area contributed by atoms with Crippen molar-refractivity contribution in [2.24, 2.45) is 11.3 Å². The second kappa shape index (κ2) is 7.79. The third-order valence-electron chi connectivity index (χ3n) is 5.73. The maximum atomic E-state index is 13.2. The van der Waals surface area contributed by atoms with Gasteiger partial charge in [0.15, 0.2) is 18.1 Å². The third-order valence-corrected chi connectivity index (χ3v) is 5.73. The van der Waals surface area contributed by atoms with Gasteiger partial charge in [0, 0.05) is 26.1 Å². The number of aliphatic hydroxyl groups excluding tert-OH is 1. The molecule has 0 bridgehead atoms. The van der Waals surface area contributed by atoms with Crippen molar-refractivity contribution in [1.29, 1.82) is 0 Å². The first-order valence-electron chi connectivity index (χ1n) is 10.1. The van der Waals surface area contributed by atoms with Crippen molar-refractivity contribution in [2.45, 2.75) is 65.0 Å². The van der Waals surface area contributed by atoms with Gasteiger partial charge in [-0.05, 0) is 53.9 Å². The van der Waals surface area contributed by atoms with Gasteiger partial charge < -0.3 is 14.6 Å². The van der Waals surface area contributed by atoms with Crippen LogP contribution in [0.2, 0.25) is 0 Å². The molecule has 6 heteroatoms. The first kappa shape index (κ1) is 21.3. The molecule has 1 saturated heterocycles. The summed E-state index contributed by atoms with van der Waals surface area (Å²) in [4.78, 5) is 2.45. The Kier molecular flexibility index (Phi) is 5.93. The molecule has 3 rings (SSSR count). The van der Waals surface area contributed by atoms with Crippen LogP contribution >= 0.6 is 0 Å². The normalized spacial score (nSPS) is 25.8. The number of halogens is 2. The minimum absolute atomic E-state index is 0.130. The monoisotopic (exact) mass is 397 g/mol. The van der Waals surface area contributed by atoms with E-state index in [0.717, 1.165) is 44.0 Å². The fraction of sp³-hybridized carbons (Fsp3) is 0.727. The molecule has 0 unspecified atom stereocenters. The number of ether oxygens (including phenoxy) is 2. The van der Waals surface area contributed by atoms with Gasteiger partial charge in [0.25, 0.3) is 5.92 Å². The SMILES string of the molecule is COc1cc2c(cc1OCC(C)(F)F)CCN1C[C@H](CC(C)(C)C)[C@H](O)C[C@@H]21. The number of benzene rings is 1. The molecule has 1 fully saturated rings. The number of alkyl halides is 2. The lowest BCUT2D eigenvalue weighted by molar-refractivity contribution is -0.0269. The van der Waals surface area contributed by atoms with Crippen molar-refractivity contribution >= 4 is 0 Å². The van der Waals surface area contributed by atoms with Gasteiger partial charge >= 0.3 is 0 Å². The van der Waals surface area contributed by atoms with Crippen LogP contribution in [0.25, 0.3) is 0 Å². The predicted molar refractivity (Wildman–Crippen MR) is 105 cm³/mol. The Balaban J connectivity index is 1.82. The van der Waals surface area contributed by atoms with Crippen LogP contribution in [-0.2, 0) is 6.42 Å². The minimum atomic E-state index is -2.90. The molecule has 2 aliphatic rings. The smallest absolute Gasteiger partial charge is 0.278 e. The van der Waals surface area contributed by atoms with Crippen molar-refractivity contribution in [3.63, 3.8) is 0 Å². The van der Waals surface area contributed by atoms with Gasteiger partial charge in [-0.25, -0.2) is 8.78 Å². The van der Waals surface area contributed by atoms with E-state index in [9.17, 15) is 13.9 Å². The molecule has 0 aromatic heterocycles. The topological polar surface area (TPSA) is 41.9 Å². The zero-order valence-corrected chi connectivity index (χ0v) is 17.6.